The molecule has 1 atom stereocenters. The average Bonchev–Trinajstić information content (AvgIpc) is 2.70. The van der Waals surface area contributed by atoms with E-state index in [4.69, 9.17) is 4.74 Å². The van der Waals surface area contributed by atoms with E-state index in [1.807, 2.05) is 4.90 Å². The van der Waals surface area contributed by atoms with Gasteiger partial charge in [-0.2, -0.15) is 0 Å². The fourth-order valence-electron chi connectivity index (χ4n) is 3.40. The third kappa shape index (κ3) is 6.70. The highest BCUT2D eigenvalue weighted by atomic mass is 35.5. The van der Waals surface area contributed by atoms with Crippen molar-refractivity contribution in [2.75, 3.05) is 26.2 Å². The molecule has 0 amide bonds. The van der Waals surface area contributed by atoms with Gasteiger partial charge in [-0.15, -0.1) is 12.4 Å². The van der Waals surface area contributed by atoms with E-state index in [1.165, 1.54) is 0 Å². The Hall–Kier alpha value is -2.58. The molecule has 0 aromatic heterocycles. The Morgan fingerprint density at radius 3 is 2.52 bits per heavy atom. The van der Waals surface area contributed by atoms with Gasteiger partial charge in [0.2, 0.25) is 0 Å². The van der Waals surface area contributed by atoms with Crippen molar-refractivity contribution in [3.8, 4) is 0 Å². The molecule has 9 heteroatoms. The smallest absolute Gasteiger partial charge is 0.307 e. The lowest BCUT2D eigenvalue weighted by molar-refractivity contribution is -0.143. The van der Waals surface area contributed by atoms with Gasteiger partial charge >= 0.3 is 5.97 Å². The Morgan fingerprint density at radius 1 is 1.10 bits per heavy atom. The topological polar surface area (TPSA) is 49.8 Å². The summed E-state index contributed by atoms with van der Waals surface area (Å²) in [6.07, 6.45) is 2.50. The zero-order chi connectivity index (χ0) is 21.7. The fourth-order valence-corrected chi connectivity index (χ4v) is 3.40. The average molecular weight is 460 g/mol. The number of carbonyl (C=O) groups is 1. The highest BCUT2D eigenvalue weighted by Gasteiger charge is 2.25. The highest BCUT2D eigenvalue weighted by Crippen LogP contribution is 2.25. The van der Waals surface area contributed by atoms with E-state index in [0.717, 1.165) is 42.8 Å². The Morgan fingerprint density at radius 2 is 1.81 bits per heavy atom. The largest absolute Gasteiger partial charge is 0.491 e. The number of hydrogen-bond acceptors (Lipinski definition) is 3. The van der Waals surface area contributed by atoms with Crippen LogP contribution < -0.4 is 0 Å². The molecule has 31 heavy (non-hydrogen) atoms. The van der Waals surface area contributed by atoms with E-state index in [1.54, 1.807) is 0 Å². The van der Waals surface area contributed by atoms with Gasteiger partial charge in [0.25, 0.3) is 0 Å². The number of hydrogen-bond donors (Lipinski definition) is 1. The minimum absolute atomic E-state index is 0. The molecule has 1 aliphatic heterocycles. The van der Waals surface area contributed by atoms with Crippen molar-refractivity contribution in [3.05, 3.63) is 70.8 Å². The molecular formula is C22H22ClF4NO3. The number of nitrogens with zero attached hydrogens (tertiary/aromatic N) is 1. The molecule has 0 radical (unpaired) electrons. The van der Waals surface area contributed by atoms with Crippen molar-refractivity contribution in [3.63, 3.8) is 0 Å². The number of rotatable bonds is 7. The van der Waals surface area contributed by atoms with Crippen LogP contribution in [0.5, 0.6) is 0 Å². The van der Waals surface area contributed by atoms with Crippen molar-refractivity contribution in [2.24, 2.45) is 5.92 Å². The van der Waals surface area contributed by atoms with Gasteiger partial charge in [0.05, 0.1) is 11.5 Å². The monoisotopic (exact) mass is 459 g/mol. The molecule has 0 unspecified atom stereocenters. The van der Waals surface area contributed by atoms with E-state index in [9.17, 15) is 27.5 Å². The minimum atomic E-state index is -0.901. The van der Waals surface area contributed by atoms with Crippen molar-refractivity contribution in [1.29, 1.82) is 0 Å². The lowest BCUT2D eigenvalue weighted by atomic mass is 9.98. The number of piperidine rings is 1. The second-order valence-corrected chi connectivity index (χ2v) is 7.13. The minimum Gasteiger partial charge on any atom is -0.491 e. The molecular weight excluding hydrogens is 438 g/mol. The lowest BCUT2D eigenvalue weighted by Gasteiger charge is -2.30. The fraction of sp³-hybridized carbons (Fsp3) is 0.318. The van der Waals surface area contributed by atoms with E-state index in [-0.39, 0.29) is 35.9 Å². The number of ether oxygens (including phenoxy) is 1. The molecule has 0 saturated carbocycles. The number of likely N-dealkylation sites (tertiary alicyclic amines) is 1. The highest BCUT2D eigenvalue weighted by molar-refractivity contribution is 5.85. The number of halogens is 5. The Bertz CT molecular complexity index is 954. The van der Waals surface area contributed by atoms with Gasteiger partial charge in [-0.3, -0.25) is 9.69 Å². The first-order chi connectivity index (χ1) is 14.3. The standard InChI is InChI=1S/C22H21F4NO3.ClH/c23-16-4-6-19(25)15(10-16)11-21(18-5-3-17(24)12-20(18)26)30-9-8-27-7-1-2-14(13-27)22(28)29;/h3-6,10-12,14H,1-2,7-9,13H2,(H,28,29);1H/b21-11-;/t14-;/m1./s1. The van der Waals surface area contributed by atoms with Crippen LogP contribution in [-0.4, -0.2) is 42.2 Å². The summed E-state index contributed by atoms with van der Waals surface area (Å²) in [5.74, 6) is -4.46. The van der Waals surface area contributed by atoms with E-state index < -0.39 is 35.2 Å². The maximum Gasteiger partial charge on any atom is 0.307 e. The van der Waals surface area contributed by atoms with E-state index >= 15 is 0 Å². The van der Waals surface area contributed by atoms with Gasteiger partial charge in [0.15, 0.2) is 0 Å². The Labute approximate surface area is 183 Å². The zero-order valence-electron chi connectivity index (χ0n) is 16.5. The van der Waals surface area contributed by atoms with E-state index in [2.05, 4.69) is 0 Å². The summed E-state index contributed by atoms with van der Waals surface area (Å²) >= 11 is 0. The maximum absolute atomic E-state index is 14.3. The van der Waals surface area contributed by atoms with Crippen LogP contribution in [0.15, 0.2) is 36.4 Å². The number of carboxylic acids is 1. The number of benzene rings is 2. The molecule has 1 fully saturated rings. The van der Waals surface area contributed by atoms with Gasteiger partial charge in [-0.25, -0.2) is 17.6 Å². The van der Waals surface area contributed by atoms with Gasteiger partial charge < -0.3 is 9.84 Å². The third-order valence-electron chi connectivity index (χ3n) is 4.96. The zero-order valence-corrected chi connectivity index (χ0v) is 17.3. The molecule has 2 aromatic carbocycles. The summed E-state index contributed by atoms with van der Waals surface area (Å²) in [5, 5.41) is 9.18. The molecule has 168 valence electrons. The Kier molecular flexibility index (Phi) is 8.88. The molecule has 1 heterocycles. The molecule has 1 aliphatic rings. The van der Waals surface area contributed by atoms with Crippen LogP contribution in [0.2, 0.25) is 0 Å². The first-order valence-electron chi connectivity index (χ1n) is 9.53. The molecule has 2 aromatic rings. The third-order valence-corrected chi connectivity index (χ3v) is 4.96. The molecule has 0 aliphatic carbocycles. The summed E-state index contributed by atoms with van der Waals surface area (Å²) in [6.45, 7) is 1.51. The van der Waals surface area contributed by atoms with Crippen LogP contribution in [0.4, 0.5) is 17.6 Å². The normalized spacial score (nSPS) is 17.2. The molecule has 4 nitrogen and oxygen atoms in total. The predicted molar refractivity (Wildman–Crippen MR) is 111 cm³/mol. The van der Waals surface area contributed by atoms with Crippen molar-refractivity contribution in [1.82, 2.24) is 4.90 Å². The molecule has 0 spiro atoms. The van der Waals surface area contributed by atoms with Gasteiger partial charge in [-0.1, -0.05) is 0 Å². The van der Waals surface area contributed by atoms with Crippen molar-refractivity contribution >= 4 is 30.2 Å². The summed E-state index contributed by atoms with van der Waals surface area (Å²) in [6, 6.07) is 5.73. The molecule has 3 rings (SSSR count). The number of aliphatic carboxylic acids is 1. The van der Waals surface area contributed by atoms with Crippen LogP contribution in [0.25, 0.3) is 11.8 Å². The second kappa shape index (κ2) is 11.2. The summed E-state index contributed by atoms with van der Waals surface area (Å²) in [4.78, 5) is 13.1. The van der Waals surface area contributed by atoms with Crippen LogP contribution in [0.3, 0.4) is 0 Å². The maximum atomic E-state index is 14.3. The van der Waals surface area contributed by atoms with Crippen LogP contribution in [0.1, 0.15) is 24.0 Å². The van der Waals surface area contributed by atoms with Crippen LogP contribution in [0, 0.1) is 29.2 Å². The summed E-state index contributed by atoms with van der Waals surface area (Å²) < 4.78 is 60.8. The molecule has 1 N–H and O–H groups in total. The second-order valence-electron chi connectivity index (χ2n) is 7.13. The lowest BCUT2D eigenvalue weighted by Crippen LogP contribution is -2.40. The quantitative estimate of drug-likeness (QED) is 0.360. The Balaban J connectivity index is 0.00000341. The van der Waals surface area contributed by atoms with Crippen molar-refractivity contribution < 1.29 is 32.2 Å². The van der Waals surface area contributed by atoms with Crippen molar-refractivity contribution in [2.45, 2.75) is 12.8 Å². The van der Waals surface area contributed by atoms with Gasteiger partial charge in [-0.05, 0) is 55.8 Å². The first-order valence-corrected chi connectivity index (χ1v) is 9.53. The van der Waals surface area contributed by atoms with Crippen LogP contribution in [-0.2, 0) is 9.53 Å². The SMILES string of the molecule is Cl.O=C(O)[C@@H]1CCCN(CCO/C(=C\c2cc(F)ccc2F)c2ccc(F)cc2F)C1. The number of carboxylic acid groups (broad SMARTS) is 1. The molecule has 1 saturated heterocycles. The van der Waals surface area contributed by atoms with Crippen LogP contribution >= 0.6 is 12.4 Å². The van der Waals surface area contributed by atoms with Gasteiger partial charge in [0, 0.05) is 24.7 Å². The molecule has 0 bridgehead atoms. The van der Waals surface area contributed by atoms with E-state index in [0.29, 0.717) is 32.1 Å². The predicted octanol–water partition coefficient (Wildman–Crippen LogP) is 4.98. The summed E-state index contributed by atoms with van der Waals surface area (Å²) in [7, 11) is 0. The summed E-state index contributed by atoms with van der Waals surface area (Å²) in [5.41, 5.74) is -0.236. The van der Waals surface area contributed by atoms with Gasteiger partial charge in [0.1, 0.15) is 35.6 Å². The first kappa shape index (κ1) is 24.7.